The standard InChI is InChI=1S/C26H23N5O4S/c1-34-19-11-12-23(35-2)22(16-19)30-25(24(28-26(30)36)20-9-3-4-13-27-20)21-10-6-14-29(21)17-7-5-8-18(15-17)31(32)33/h3-16,24-25H,1-2H3,(H,28,36)/t24-,25+/m0/s1. The van der Waals surface area contributed by atoms with Crippen LogP contribution in [0.25, 0.3) is 5.69 Å². The minimum absolute atomic E-state index is 0.0137. The molecule has 0 radical (unpaired) electrons. The molecule has 0 unspecified atom stereocenters. The lowest BCUT2D eigenvalue weighted by Crippen LogP contribution is -2.30. The molecule has 2 aromatic heterocycles. The summed E-state index contributed by atoms with van der Waals surface area (Å²) in [4.78, 5) is 17.6. The first-order chi connectivity index (χ1) is 17.5. The number of hydrogen-bond acceptors (Lipinski definition) is 6. The number of nitrogens with one attached hydrogen (secondary N) is 1. The molecule has 1 aliphatic heterocycles. The predicted octanol–water partition coefficient (Wildman–Crippen LogP) is 4.97. The summed E-state index contributed by atoms with van der Waals surface area (Å²) in [6.07, 6.45) is 3.62. The van der Waals surface area contributed by atoms with Gasteiger partial charge in [0.05, 0.1) is 42.3 Å². The number of ether oxygens (including phenoxy) is 2. The Morgan fingerprint density at radius 1 is 1.03 bits per heavy atom. The SMILES string of the molecule is COc1ccc(OC)c(N2C(=S)N[C@@H](c3ccccn3)[C@H]2c2cccn2-c2cccc([N+](=O)[O-])c2)c1. The van der Waals surface area contributed by atoms with E-state index in [-0.39, 0.29) is 17.8 Å². The fraction of sp³-hybridized carbons (Fsp3) is 0.154. The van der Waals surface area contributed by atoms with Crippen molar-refractivity contribution in [3.8, 4) is 17.2 Å². The number of hydrogen-bond donors (Lipinski definition) is 1. The van der Waals surface area contributed by atoms with Gasteiger partial charge >= 0.3 is 0 Å². The number of thiocarbonyl (C=S) groups is 1. The number of aromatic nitrogens is 2. The first-order valence-corrected chi connectivity index (χ1v) is 11.6. The molecule has 182 valence electrons. The molecule has 2 aromatic carbocycles. The molecule has 0 amide bonds. The predicted molar refractivity (Wildman–Crippen MR) is 140 cm³/mol. The second-order valence-corrected chi connectivity index (χ2v) is 8.50. The molecular formula is C26H23N5O4S. The largest absolute Gasteiger partial charge is 0.497 e. The Morgan fingerprint density at radius 2 is 1.89 bits per heavy atom. The van der Waals surface area contributed by atoms with Crippen molar-refractivity contribution in [1.29, 1.82) is 0 Å². The molecule has 1 fully saturated rings. The lowest BCUT2D eigenvalue weighted by atomic mass is 10.0. The van der Waals surface area contributed by atoms with Gasteiger partial charge in [-0.1, -0.05) is 12.1 Å². The fourth-order valence-corrected chi connectivity index (χ4v) is 4.87. The van der Waals surface area contributed by atoms with Crippen LogP contribution < -0.4 is 19.7 Å². The number of nitrogens with zero attached hydrogens (tertiary/aromatic N) is 4. The lowest BCUT2D eigenvalue weighted by molar-refractivity contribution is -0.384. The van der Waals surface area contributed by atoms with Gasteiger partial charge in [0.1, 0.15) is 17.5 Å². The van der Waals surface area contributed by atoms with Crippen LogP contribution in [-0.2, 0) is 0 Å². The second kappa shape index (κ2) is 9.67. The molecule has 0 aliphatic carbocycles. The zero-order valence-corrected chi connectivity index (χ0v) is 20.4. The van der Waals surface area contributed by atoms with E-state index in [2.05, 4.69) is 10.3 Å². The monoisotopic (exact) mass is 501 g/mol. The number of methoxy groups -OCH3 is 2. The minimum atomic E-state index is -0.400. The van der Waals surface area contributed by atoms with E-state index in [1.807, 2.05) is 70.3 Å². The maximum Gasteiger partial charge on any atom is 0.271 e. The highest BCUT2D eigenvalue weighted by molar-refractivity contribution is 7.80. The highest BCUT2D eigenvalue weighted by Gasteiger charge is 2.43. The van der Waals surface area contributed by atoms with E-state index in [0.717, 1.165) is 17.1 Å². The van der Waals surface area contributed by atoms with Crippen LogP contribution in [0.5, 0.6) is 11.5 Å². The topological polar surface area (TPSA) is 94.7 Å². The Balaban J connectivity index is 1.70. The van der Waals surface area contributed by atoms with Gasteiger partial charge in [-0.15, -0.1) is 0 Å². The highest BCUT2D eigenvalue weighted by atomic mass is 32.1. The highest BCUT2D eigenvalue weighted by Crippen LogP contribution is 2.46. The van der Waals surface area contributed by atoms with Crippen molar-refractivity contribution in [3.05, 3.63) is 107 Å². The summed E-state index contributed by atoms with van der Waals surface area (Å²) in [6.45, 7) is 0. The van der Waals surface area contributed by atoms with E-state index >= 15 is 0 Å². The minimum Gasteiger partial charge on any atom is -0.497 e. The van der Waals surface area contributed by atoms with Crippen molar-refractivity contribution in [2.45, 2.75) is 12.1 Å². The van der Waals surface area contributed by atoms with Crippen LogP contribution >= 0.6 is 12.2 Å². The lowest BCUT2D eigenvalue weighted by Gasteiger charge is -2.30. The third-order valence-corrected chi connectivity index (χ3v) is 6.46. The van der Waals surface area contributed by atoms with Gasteiger partial charge in [-0.05, 0) is 54.7 Å². The zero-order chi connectivity index (χ0) is 25.2. The first-order valence-electron chi connectivity index (χ1n) is 11.2. The zero-order valence-electron chi connectivity index (χ0n) is 19.6. The van der Waals surface area contributed by atoms with Gasteiger partial charge in [-0.3, -0.25) is 15.1 Å². The summed E-state index contributed by atoms with van der Waals surface area (Å²) in [7, 11) is 3.21. The summed E-state index contributed by atoms with van der Waals surface area (Å²) in [5.74, 6) is 1.28. The van der Waals surface area contributed by atoms with Crippen molar-refractivity contribution < 1.29 is 14.4 Å². The van der Waals surface area contributed by atoms with Crippen LogP contribution in [0.3, 0.4) is 0 Å². The first kappa shape index (κ1) is 23.3. The Labute approximate surface area is 213 Å². The van der Waals surface area contributed by atoms with Gasteiger partial charge in [-0.25, -0.2) is 0 Å². The molecule has 0 saturated carbocycles. The molecule has 0 bridgehead atoms. The normalized spacial score (nSPS) is 17.1. The summed E-state index contributed by atoms with van der Waals surface area (Å²) in [5, 5.41) is 15.4. The molecule has 5 rings (SSSR count). The van der Waals surface area contributed by atoms with Crippen molar-refractivity contribution in [3.63, 3.8) is 0 Å². The Bertz CT molecular complexity index is 1420. The van der Waals surface area contributed by atoms with Crippen LogP contribution in [0.4, 0.5) is 11.4 Å². The molecule has 3 heterocycles. The smallest absolute Gasteiger partial charge is 0.271 e. The molecule has 1 aliphatic rings. The van der Waals surface area contributed by atoms with Crippen LogP contribution in [0.15, 0.2) is 85.2 Å². The molecule has 4 aromatic rings. The number of nitro benzene ring substituents is 1. The fourth-order valence-electron chi connectivity index (χ4n) is 4.53. The molecule has 1 saturated heterocycles. The van der Waals surface area contributed by atoms with Gasteiger partial charge in [0.25, 0.3) is 5.69 Å². The quantitative estimate of drug-likeness (QED) is 0.215. The van der Waals surface area contributed by atoms with E-state index in [4.69, 9.17) is 21.7 Å². The van der Waals surface area contributed by atoms with Crippen LogP contribution in [0.2, 0.25) is 0 Å². The third kappa shape index (κ3) is 4.11. The maximum absolute atomic E-state index is 11.4. The molecule has 36 heavy (non-hydrogen) atoms. The number of pyridine rings is 1. The number of rotatable bonds is 7. The second-order valence-electron chi connectivity index (χ2n) is 8.11. The molecular weight excluding hydrogens is 478 g/mol. The van der Waals surface area contributed by atoms with E-state index in [1.54, 1.807) is 32.5 Å². The van der Waals surface area contributed by atoms with Crippen molar-refractivity contribution in [2.24, 2.45) is 0 Å². The van der Waals surface area contributed by atoms with Gasteiger partial charge in [0.2, 0.25) is 0 Å². The van der Waals surface area contributed by atoms with Gasteiger partial charge in [-0.2, -0.15) is 0 Å². The van der Waals surface area contributed by atoms with Crippen molar-refractivity contribution in [2.75, 3.05) is 19.1 Å². The summed E-state index contributed by atoms with van der Waals surface area (Å²) >= 11 is 5.84. The molecule has 9 nitrogen and oxygen atoms in total. The van der Waals surface area contributed by atoms with Crippen LogP contribution in [-0.4, -0.2) is 33.8 Å². The van der Waals surface area contributed by atoms with Crippen LogP contribution in [0, 0.1) is 10.1 Å². The average molecular weight is 502 g/mol. The Kier molecular flexibility index (Phi) is 6.26. The van der Waals surface area contributed by atoms with E-state index in [0.29, 0.717) is 22.3 Å². The number of anilines is 1. The van der Waals surface area contributed by atoms with Crippen LogP contribution in [0.1, 0.15) is 23.5 Å². The Morgan fingerprint density at radius 3 is 2.61 bits per heavy atom. The summed E-state index contributed by atoms with van der Waals surface area (Å²) in [6, 6.07) is 21.0. The third-order valence-electron chi connectivity index (χ3n) is 6.15. The molecule has 10 heteroatoms. The van der Waals surface area contributed by atoms with Gasteiger partial charge in [0.15, 0.2) is 5.11 Å². The van der Waals surface area contributed by atoms with E-state index < -0.39 is 4.92 Å². The molecule has 2 atom stereocenters. The molecule has 1 N–H and O–H groups in total. The van der Waals surface area contributed by atoms with Crippen molar-refractivity contribution in [1.82, 2.24) is 14.9 Å². The summed E-state index contributed by atoms with van der Waals surface area (Å²) < 4.78 is 13.1. The number of benzene rings is 2. The van der Waals surface area contributed by atoms with Gasteiger partial charge in [0, 0.05) is 36.3 Å². The average Bonchev–Trinajstić information content (AvgIpc) is 3.53. The molecule has 0 spiro atoms. The maximum atomic E-state index is 11.4. The summed E-state index contributed by atoms with van der Waals surface area (Å²) in [5.41, 5.74) is 3.08. The van der Waals surface area contributed by atoms with Gasteiger partial charge < -0.3 is 24.3 Å². The number of non-ortho nitro benzene ring substituents is 1. The van der Waals surface area contributed by atoms with E-state index in [9.17, 15) is 10.1 Å². The number of nitro groups is 1. The van der Waals surface area contributed by atoms with Crippen molar-refractivity contribution >= 4 is 28.7 Å². The Hall–Kier alpha value is -4.44. The van der Waals surface area contributed by atoms with E-state index in [1.165, 1.54) is 6.07 Å².